The third-order valence-electron chi connectivity index (χ3n) is 9.25. The molecule has 262 valence electrons. The summed E-state index contributed by atoms with van der Waals surface area (Å²) in [6, 6.07) is 0. The summed E-state index contributed by atoms with van der Waals surface area (Å²) in [5.74, 6) is 0.592. The fourth-order valence-electron chi connectivity index (χ4n) is 6.26. The number of hydrogen-bond acceptors (Lipinski definition) is 5. The molecular weight excluding hydrogens is 548 g/mol. The molecule has 5 nitrogen and oxygen atoms in total. The van der Waals surface area contributed by atoms with E-state index in [9.17, 15) is 14.7 Å². The summed E-state index contributed by atoms with van der Waals surface area (Å²) in [5, 5.41) is 9.29. The van der Waals surface area contributed by atoms with Gasteiger partial charge in [0.05, 0.1) is 13.2 Å². The van der Waals surface area contributed by atoms with Crippen molar-refractivity contribution in [3.8, 4) is 0 Å². The summed E-state index contributed by atoms with van der Waals surface area (Å²) in [7, 11) is 0. The molecule has 0 bridgehead atoms. The van der Waals surface area contributed by atoms with E-state index in [-0.39, 0.29) is 24.5 Å². The van der Waals surface area contributed by atoms with Crippen LogP contribution in [0.1, 0.15) is 201 Å². The van der Waals surface area contributed by atoms with Crippen LogP contribution in [0.3, 0.4) is 0 Å². The smallest absolute Gasteiger partial charge is 0.306 e. The van der Waals surface area contributed by atoms with Gasteiger partial charge < -0.3 is 14.6 Å². The first-order chi connectivity index (χ1) is 21.5. The summed E-state index contributed by atoms with van der Waals surface area (Å²) in [4.78, 5) is 25.9. The minimum Gasteiger partial charge on any atom is -0.465 e. The maximum atomic E-state index is 13.0. The molecule has 0 spiro atoms. The van der Waals surface area contributed by atoms with Gasteiger partial charge in [-0.25, -0.2) is 0 Å². The number of rotatable bonds is 34. The molecule has 0 aliphatic rings. The molecule has 0 aromatic heterocycles. The van der Waals surface area contributed by atoms with Crippen LogP contribution in [-0.4, -0.2) is 36.9 Å². The minimum absolute atomic E-state index is 0.0106. The lowest BCUT2D eigenvalue weighted by Crippen LogP contribution is -2.23. The second kappa shape index (κ2) is 33.3. The van der Waals surface area contributed by atoms with Crippen molar-refractivity contribution < 1.29 is 24.2 Å². The third-order valence-corrected chi connectivity index (χ3v) is 9.25. The van der Waals surface area contributed by atoms with E-state index < -0.39 is 0 Å². The molecule has 0 aliphatic carbocycles. The first kappa shape index (κ1) is 42.9. The normalized spacial score (nSPS) is 12.9. The van der Waals surface area contributed by atoms with E-state index in [0.29, 0.717) is 44.3 Å². The van der Waals surface area contributed by atoms with Crippen LogP contribution in [0, 0.1) is 17.8 Å². The molecule has 0 amide bonds. The zero-order valence-corrected chi connectivity index (χ0v) is 30.0. The standard InChI is InChI=1S/C39H76O5/c1-5-9-13-17-18-22-28-36(27-21-16-12-8-4)32-39(42)44-34-37(29-23-24-30-40)33-43-38(41)31-35(25-19-14-10-6-2)26-20-15-11-7-3/h35-37,40H,5-34H2,1-4H3. The number of ether oxygens (including phenoxy) is 2. The van der Waals surface area contributed by atoms with Gasteiger partial charge in [0.15, 0.2) is 0 Å². The Kier molecular flexibility index (Phi) is 32.4. The summed E-state index contributed by atoms with van der Waals surface area (Å²) in [6.07, 6.45) is 30.2. The molecular formula is C39H76O5. The molecule has 0 aromatic carbocycles. The Morgan fingerprint density at radius 3 is 1.09 bits per heavy atom. The van der Waals surface area contributed by atoms with Gasteiger partial charge in [0.25, 0.3) is 0 Å². The van der Waals surface area contributed by atoms with Crippen LogP contribution in [0.4, 0.5) is 0 Å². The first-order valence-corrected chi connectivity index (χ1v) is 19.4. The molecule has 0 saturated heterocycles. The molecule has 0 saturated carbocycles. The van der Waals surface area contributed by atoms with Crippen molar-refractivity contribution in [2.45, 2.75) is 201 Å². The SMILES string of the molecule is CCCCCCCCC(CCCCCC)CC(=O)OCC(CCCCO)COC(=O)CC(CCCCCC)CCCCCC. The van der Waals surface area contributed by atoms with Gasteiger partial charge in [0, 0.05) is 25.4 Å². The van der Waals surface area contributed by atoms with Crippen molar-refractivity contribution in [1.29, 1.82) is 0 Å². The van der Waals surface area contributed by atoms with Crippen molar-refractivity contribution in [1.82, 2.24) is 0 Å². The summed E-state index contributed by atoms with van der Waals surface area (Å²) < 4.78 is 11.6. The lowest BCUT2D eigenvalue weighted by molar-refractivity contribution is -0.150. The maximum absolute atomic E-state index is 13.0. The molecule has 0 heterocycles. The highest BCUT2D eigenvalue weighted by molar-refractivity contribution is 5.70. The zero-order valence-electron chi connectivity index (χ0n) is 30.0. The Morgan fingerprint density at radius 2 is 0.727 bits per heavy atom. The van der Waals surface area contributed by atoms with Gasteiger partial charge in [0.2, 0.25) is 0 Å². The van der Waals surface area contributed by atoms with Gasteiger partial charge in [-0.05, 0) is 50.4 Å². The number of carbonyl (C=O) groups is 2. The first-order valence-electron chi connectivity index (χ1n) is 19.4. The molecule has 2 unspecified atom stereocenters. The number of esters is 2. The fraction of sp³-hybridized carbons (Fsp3) is 0.949. The van der Waals surface area contributed by atoms with Gasteiger partial charge in [-0.1, -0.05) is 150 Å². The Morgan fingerprint density at radius 1 is 0.432 bits per heavy atom. The topological polar surface area (TPSA) is 72.8 Å². The molecule has 5 heteroatoms. The number of hydrogen-bond donors (Lipinski definition) is 1. The highest BCUT2D eigenvalue weighted by Crippen LogP contribution is 2.24. The van der Waals surface area contributed by atoms with Crippen molar-refractivity contribution in [2.24, 2.45) is 17.8 Å². The van der Waals surface area contributed by atoms with Crippen molar-refractivity contribution in [2.75, 3.05) is 19.8 Å². The minimum atomic E-state index is -0.106. The van der Waals surface area contributed by atoms with Gasteiger partial charge in [-0.15, -0.1) is 0 Å². The van der Waals surface area contributed by atoms with Crippen molar-refractivity contribution in [3.05, 3.63) is 0 Å². The molecule has 0 radical (unpaired) electrons. The molecule has 0 rings (SSSR count). The van der Waals surface area contributed by atoms with Crippen LogP contribution in [0.25, 0.3) is 0 Å². The molecule has 44 heavy (non-hydrogen) atoms. The lowest BCUT2D eigenvalue weighted by Gasteiger charge is -2.20. The van der Waals surface area contributed by atoms with Crippen LogP contribution in [0.15, 0.2) is 0 Å². The zero-order chi connectivity index (χ0) is 32.5. The second-order valence-electron chi connectivity index (χ2n) is 13.7. The Bertz CT molecular complexity index is 610. The fourth-order valence-corrected chi connectivity index (χ4v) is 6.26. The monoisotopic (exact) mass is 625 g/mol. The largest absolute Gasteiger partial charge is 0.465 e. The third kappa shape index (κ3) is 28.4. The van der Waals surface area contributed by atoms with E-state index in [4.69, 9.17) is 9.47 Å². The predicted molar refractivity (Wildman–Crippen MR) is 187 cm³/mol. The highest BCUT2D eigenvalue weighted by Gasteiger charge is 2.20. The van der Waals surface area contributed by atoms with Gasteiger partial charge in [-0.3, -0.25) is 9.59 Å². The summed E-state index contributed by atoms with van der Waals surface area (Å²) in [6.45, 7) is 9.71. The number of unbranched alkanes of at least 4 members (excludes halogenated alkanes) is 15. The Labute approximate surface area is 274 Å². The van der Waals surface area contributed by atoms with E-state index >= 15 is 0 Å². The molecule has 1 N–H and O–H groups in total. The van der Waals surface area contributed by atoms with Crippen LogP contribution in [0.5, 0.6) is 0 Å². The molecule has 0 fully saturated rings. The van der Waals surface area contributed by atoms with Gasteiger partial charge in [0.1, 0.15) is 0 Å². The van der Waals surface area contributed by atoms with Crippen molar-refractivity contribution in [3.63, 3.8) is 0 Å². The Hall–Kier alpha value is -1.10. The average Bonchev–Trinajstić information content (AvgIpc) is 3.02. The number of carbonyl (C=O) groups excluding carboxylic acids is 2. The average molecular weight is 625 g/mol. The lowest BCUT2D eigenvalue weighted by atomic mass is 9.91. The Balaban J connectivity index is 4.85. The van der Waals surface area contributed by atoms with Crippen LogP contribution < -0.4 is 0 Å². The quantitative estimate of drug-likeness (QED) is 0.0569. The highest BCUT2D eigenvalue weighted by atomic mass is 16.5. The van der Waals surface area contributed by atoms with Crippen LogP contribution in [-0.2, 0) is 19.1 Å². The van der Waals surface area contributed by atoms with E-state index in [1.165, 1.54) is 116 Å². The summed E-state index contributed by atoms with van der Waals surface area (Å²) >= 11 is 0. The van der Waals surface area contributed by atoms with E-state index in [2.05, 4.69) is 27.7 Å². The molecule has 0 aliphatic heterocycles. The second-order valence-corrected chi connectivity index (χ2v) is 13.7. The molecule has 0 aromatic rings. The van der Waals surface area contributed by atoms with E-state index in [1.54, 1.807) is 0 Å². The van der Waals surface area contributed by atoms with Gasteiger partial charge in [-0.2, -0.15) is 0 Å². The van der Waals surface area contributed by atoms with Gasteiger partial charge >= 0.3 is 11.9 Å². The summed E-state index contributed by atoms with van der Waals surface area (Å²) in [5.41, 5.74) is 0. The van der Waals surface area contributed by atoms with Crippen molar-refractivity contribution >= 4 is 11.9 Å². The van der Waals surface area contributed by atoms with E-state index in [1.807, 2.05) is 0 Å². The van der Waals surface area contributed by atoms with Crippen LogP contribution in [0.2, 0.25) is 0 Å². The molecule has 2 atom stereocenters. The number of aliphatic hydroxyl groups is 1. The predicted octanol–water partition coefficient (Wildman–Crippen LogP) is 11.5. The maximum Gasteiger partial charge on any atom is 0.306 e. The van der Waals surface area contributed by atoms with E-state index in [0.717, 1.165) is 38.5 Å². The number of aliphatic hydroxyl groups excluding tert-OH is 1. The van der Waals surface area contributed by atoms with Crippen LogP contribution >= 0.6 is 0 Å².